The van der Waals surface area contributed by atoms with Crippen LogP contribution in [0.5, 0.6) is 0 Å². The quantitative estimate of drug-likeness (QED) is 0.847. The van der Waals surface area contributed by atoms with Gasteiger partial charge in [-0.2, -0.15) is 0 Å². The van der Waals surface area contributed by atoms with E-state index in [-0.39, 0.29) is 17.9 Å². The molecule has 8 heteroatoms. The molecule has 2 heterocycles. The van der Waals surface area contributed by atoms with Crippen LogP contribution in [0.2, 0.25) is 0 Å². The molecule has 0 radical (unpaired) electrons. The Morgan fingerprint density at radius 1 is 1.19 bits per heavy atom. The van der Waals surface area contributed by atoms with Gasteiger partial charge in [0.2, 0.25) is 10.0 Å². The first-order valence-corrected chi connectivity index (χ1v) is 11.3. The van der Waals surface area contributed by atoms with E-state index in [1.165, 1.54) is 10.6 Å². The molecule has 2 aliphatic heterocycles. The van der Waals surface area contributed by atoms with E-state index in [2.05, 4.69) is 0 Å². The molecule has 1 N–H and O–H groups in total. The van der Waals surface area contributed by atoms with Crippen LogP contribution in [0, 0.1) is 5.92 Å². The Balaban J connectivity index is 1.65. The highest BCUT2D eigenvalue weighted by Gasteiger charge is 2.47. The monoisotopic (exact) mass is 392 g/mol. The lowest BCUT2D eigenvalue weighted by Crippen LogP contribution is -2.46. The molecule has 2 fully saturated rings. The zero-order chi connectivity index (χ0) is 19.3. The first kappa shape index (κ1) is 18.3. The van der Waals surface area contributed by atoms with Crippen molar-refractivity contribution < 1.29 is 23.1 Å². The summed E-state index contributed by atoms with van der Waals surface area (Å²) in [7, 11) is -3.34. The average molecular weight is 392 g/mol. The Bertz CT molecular complexity index is 897. The molecular weight excluding hydrogens is 368 g/mol. The number of hydrogen-bond donors (Lipinski definition) is 1. The third-order valence-electron chi connectivity index (χ3n) is 6.19. The second-order valence-electron chi connectivity index (χ2n) is 7.84. The number of carbonyl (C=O) groups excluding carboxylic acids is 1. The number of carboxylic acid groups (broad SMARTS) is 1. The fourth-order valence-corrected chi connectivity index (χ4v) is 5.93. The maximum atomic E-state index is 13.2. The minimum absolute atomic E-state index is 0.00637. The average Bonchev–Trinajstić information content (AvgIpc) is 3.21. The van der Waals surface area contributed by atoms with Gasteiger partial charge in [0.15, 0.2) is 0 Å². The van der Waals surface area contributed by atoms with Gasteiger partial charge in [0, 0.05) is 18.2 Å². The Hall–Kier alpha value is -2.09. The summed E-state index contributed by atoms with van der Waals surface area (Å²) in [5, 5.41) is 9.64. The summed E-state index contributed by atoms with van der Waals surface area (Å²) in [5.41, 5.74) is 1.87. The van der Waals surface area contributed by atoms with Crippen molar-refractivity contribution in [3.8, 4) is 0 Å². The van der Waals surface area contributed by atoms with Crippen LogP contribution in [0.1, 0.15) is 48.0 Å². The highest BCUT2D eigenvalue weighted by atomic mass is 32.2. The number of fused-ring (bicyclic) bond motifs is 2. The molecule has 1 aromatic carbocycles. The minimum atomic E-state index is -3.34. The van der Waals surface area contributed by atoms with E-state index in [1.54, 1.807) is 23.1 Å². The van der Waals surface area contributed by atoms with Gasteiger partial charge in [0.1, 0.15) is 6.04 Å². The molecule has 7 nitrogen and oxygen atoms in total. The summed E-state index contributed by atoms with van der Waals surface area (Å²) in [6, 6.07) is 4.25. The van der Waals surface area contributed by atoms with Gasteiger partial charge in [-0.15, -0.1) is 0 Å². The number of amides is 1. The maximum Gasteiger partial charge on any atom is 0.326 e. The number of aliphatic carboxylic acids is 1. The smallest absolute Gasteiger partial charge is 0.326 e. The number of anilines is 1. The number of rotatable bonds is 3. The normalized spacial score (nSPS) is 27.4. The van der Waals surface area contributed by atoms with Gasteiger partial charge in [-0.3, -0.25) is 9.10 Å². The molecule has 0 bridgehead atoms. The van der Waals surface area contributed by atoms with Crippen molar-refractivity contribution >= 4 is 27.6 Å². The lowest BCUT2D eigenvalue weighted by atomic mass is 9.84. The number of sulfonamides is 1. The molecule has 1 aromatic rings. The first-order valence-electron chi connectivity index (χ1n) is 9.43. The summed E-state index contributed by atoms with van der Waals surface area (Å²) in [6.07, 6.45) is 6.20. The molecule has 1 amide bonds. The maximum absolute atomic E-state index is 13.2. The summed E-state index contributed by atoms with van der Waals surface area (Å²) in [5.74, 6) is -0.932. The fourth-order valence-electron chi connectivity index (χ4n) is 4.97. The van der Waals surface area contributed by atoms with E-state index in [1.807, 2.05) is 0 Å². The zero-order valence-corrected chi connectivity index (χ0v) is 16.1. The number of likely N-dealkylation sites (tertiary alicyclic amines) is 1. The molecule has 0 spiro atoms. The SMILES string of the molecule is CS(=O)(=O)N1CCc2cc(C(=O)N3[C@H](C(=O)O)C[C@@H]4CCCC[C@@H]43)ccc21. The third kappa shape index (κ3) is 3.09. The minimum Gasteiger partial charge on any atom is -0.480 e. The van der Waals surface area contributed by atoms with Crippen molar-refractivity contribution in [1.82, 2.24) is 4.90 Å². The van der Waals surface area contributed by atoms with Gasteiger partial charge < -0.3 is 10.0 Å². The summed E-state index contributed by atoms with van der Waals surface area (Å²) < 4.78 is 25.1. The Morgan fingerprint density at radius 2 is 1.93 bits per heavy atom. The summed E-state index contributed by atoms with van der Waals surface area (Å²) in [4.78, 5) is 26.6. The molecule has 27 heavy (non-hydrogen) atoms. The number of nitrogens with zero attached hydrogens (tertiary/aromatic N) is 2. The first-order chi connectivity index (χ1) is 12.8. The van der Waals surface area contributed by atoms with Gasteiger partial charge in [-0.1, -0.05) is 12.8 Å². The van der Waals surface area contributed by atoms with Gasteiger partial charge in [0.05, 0.1) is 11.9 Å². The van der Waals surface area contributed by atoms with Crippen LogP contribution < -0.4 is 4.31 Å². The van der Waals surface area contributed by atoms with Crippen molar-refractivity contribution in [2.24, 2.45) is 5.92 Å². The second-order valence-corrected chi connectivity index (χ2v) is 9.75. The highest BCUT2D eigenvalue weighted by molar-refractivity contribution is 7.92. The van der Waals surface area contributed by atoms with Gasteiger partial charge in [-0.25, -0.2) is 13.2 Å². The largest absolute Gasteiger partial charge is 0.480 e. The van der Waals surface area contributed by atoms with Crippen LogP contribution in [-0.2, 0) is 21.2 Å². The van der Waals surface area contributed by atoms with Crippen molar-refractivity contribution in [1.29, 1.82) is 0 Å². The number of carboxylic acids is 1. The predicted octanol–water partition coefficient (Wildman–Crippen LogP) is 1.87. The van der Waals surface area contributed by atoms with Crippen LogP contribution in [0.15, 0.2) is 18.2 Å². The van der Waals surface area contributed by atoms with Crippen LogP contribution in [0.4, 0.5) is 5.69 Å². The molecule has 0 unspecified atom stereocenters. The topological polar surface area (TPSA) is 95.0 Å². The van der Waals surface area contributed by atoms with E-state index in [0.717, 1.165) is 31.2 Å². The van der Waals surface area contributed by atoms with Crippen molar-refractivity contribution in [2.75, 3.05) is 17.1 Å². The second kappa shape index (κ2) is 6.51. The molecule has 3 atom stereocenters. The fraction of sp³-hybridized carbons (Fsp3) is 0.579. The van der Waals surface area contributed by atoms with Crippen LogP contribution in [0.3, 0.4) is 0 Å². The molecular formula is C19H24N2O5S. The molecule has 4 rings (SSSR count). The lowest BCUT2D eigenvalue weighted by molar-refractivity contribution is -0.141. The highest BCUT2D eigenvalue weighted by Crippen LogP contribution is 2.41. The number of carbonyl (C=O) groups is 2. The molecule has 1 saturated carbocycles. The molecule has 3 aliphatic rings. The number of hydrogen-bond acceptors (Lipinski definition) is 4. The van der Waals surface area contributed by atoms with Crippen molar-refractivity contribution in [3.05, 3.63) is 29.3 Å². The predicted molar refractivity (Wildman–Crippen MR) is 100 cm³/mol. The Kier molecular flexibility index (Phi) is 4.41. The van der Waals surface area contributed by atoms with E-state index < -0.39 is 22.0 Å². The van der Waals surface area contributed by atoms with Gasteiger partial charge >= 0.3 is 5.97 Å². The Labute approximate surface area is 159 Å². The van der Waals surface area contributed by atoms with Crippen molar-refractivity contribution in [3.63, 3.8) is 0 Å². The van der Waals surface area contributed by atoms with E-state index in [0.29, 0.717) is 30.6 Å². The third-order valence-corrected chi connectivity index (χ3v) is 7.37. The zero-order valence-electron chi connectivity index (χ0n) is 15.3. The molecule has 1 saturated heterocycles. The Morgan fingerprint density at radius 3 is 2.63 bits per heavy atom. The van der Waals surface area contributed by atoms with Gasteiger partial charge in [0.25, 0.3) is 5.91 Å². The lowest BCUT2D eigenvalue weighted by Gasteiger charge is -2.33. The van der Waals surface area contributed by atoms with Crippen LogP contribution in [0.25, 0.3) is 0 Å². The standard InChI is InChI=1S/C19H24N2O5S/c1-27(25,26)20-9-8-13-10-14(6-7-15(13)20)18(22)21-16-5-3-2-4-12(16)11-17(21)19(23)24/h6-7,10,12,16-17H,2-5,8-9,11H2,1H3,(H,23,24)/t12-,16-,17-/m0/s1. The molecule has 1 aliphatic carbocycles. The van der Waals surface area contributed by atoms with E-state index in [9.17, 15) is 23.1 Å². The molecule has 146 valence electrons. The summed E-state index contributed by atoms with van der Waals surface area (Å²) in [6.45, 7) is 0.373. The van der Waals surface area contributed by atoms with Crippen LogP contribution >= 0.6 is 0 Å². The van der Waals surface area contributed by atoms with Gasteiger partial charge in [-0.05, 0) is 55.4 Å². The van der Waals surface area contributed by atoms with E-state index in [4.69, 9.17) is 0 Å². The summed E-state index contributed by atoms with van der Waals surface area (Å²) >= 11 is 0. The molecule has 0 aromatic heterocycles. The number of benzene rings is 1. The van der Waals surface area contributed by atoms with Crippen molar-refractivity contribution in [2.45, 2.75) is 50.6 Å². The van der Waals surface area contributed by atoms with E-state index >= 15 is 0 Å². The van der Waals surface area contributed by atoms with Crippen LogP contribution in [-0.4, -0.2) is 55.2 Å².